The van der Waals surface area contributed by atoms with Crippen LogP contribution in [0.3, 0.4) is 0 Å². The quantitative estimate of drug-likeness (QED) is 0.672. The Labute approximate surface area is 88.7 Å². The molecule has 0 bridgehead atoms. The molecule has 0 aromatic heterocycles. The van der Waals surface area contributed by atoms with Crippen LogP contribution in [0.15, 0.2) is 0 Å². The second-order valence-electron chi connectivity index (χ2n) is 3.91. The van der Waals surface area contributed by atoms with E-state index in [2.05, 4.69) is 41.5 Å². The zero-order chi connectivity index (χ0) is 8.62. The van der Waals surface area contributed by atoms with Gasteiger partial charge >= 0.3 is 0 Å². The predicted molar refractivity (Wildman–Crippen MR) is 50.0 cm³/mol. The fourth-order valence-corrected chi connectivity index (χ4v) is 0.354. The molecule has 1 heteroatoms. The van der Waals surface area contributed by atoms with Gasteiger partial charge in [0.2, 0.25) is 0 Å². The first kappa shape index (κ1) is 17.7. The van der Waals surface area contributed by atoms with Crippen LogP contribution in [0.2, 0.25) is 0 Å². The molecule has 11 heavy (non-hydrogen) atoms. The molecule has 1 radical (unpaired) electrons. The molecule has 0 aromatic rings. The minimum atomic E-state index is 0. The van der Waals surface area contributed by atoms with Crippen LogP contribution < -0.4 is 0 Å². The molecule has 0 atom stereocenters. The third kappa shape index (κ3) is 109. The first-order valence-corrected chi connectivity index (χ1v) is 4.27. The van der Waals surface area contributed by atoms with E-state index in [1.807, 2.05) is 0 Å². The van der Waals surface area contributed by atoms with Crippen LogP contribution in [0.1, 0.15) is 53.9 Å². The van der Waals surface area contributed by atoms with Crippen molar-refractivity contribution in [2.75, 3.05) is 0 Å². The monoisotopic (exact) mass is 324 g/mol. The Morgan fingerprint density at radius 3 is 1.18 bits per heavy atom. The Kier molecular flexibility index (Phi) is 17.3. The average molecular weight is 324 g/mol. The maximum Gasteiger partial charge on any atom is 0 e. The van der Waals surface area contributed by atoms with Crippen molar-refractivity contribution < 1.29 is 22.4 Å². The topological polar surface area (TPSA) is 0 Å². The first-order valence-electron chi connectivity index (χ1n) is 4.27. The standard InChI is InChI=1S/C5H11.C5H12.Ta/c1-5(2,3)4;1-3-5-4-2;/h1H2,2-4H3;3-5H2,1-2H3;/q-1;;. The molecule has 0 nitrogen and oxygen atoms in total. The van der Waals surface area contributed by atoms with Crippen molar-refractivity contribution >= 4 is 0 Å². The molecule has 0 unspecified atom stereocenters. The van der Waals surface area contributed by atoms with E-state index in [1.54, 1.807) is 0 Å². The fourth-order valence-electron chi connectivity index (χ4n) is 0.354. The summed E-state index contributed by atoms with van der Waals surface area (Å²) in [4.78, 5) is 0. The molecule has 0 saturated heterocycles. The van der Waals surface area contributed by atoms with E-state index in [1.165, 1.54) is 19.3 Å². The molecule has 0 rings (SSSR count). The molecule has 69 valence electrons. The summed E-state index contributed by atoms with van der Waals surface area (Å²) in [6.45, 7) is 14.4. The van der Waals surface area contributed by atoms with E-state index < -0.39 is 0 Å². The molecule has 0 aliphatic carbocycles. The van der Waals surface area contributed by atoms with Crippen LogP contribution in [-0.4, -0.2) is 0 Å². The van der Waals surface area contributed by atoms with Gasteiger partial charge in [0.05, 0.1) is 0 Å². The molecule has 0 fully saturated rings. The molecular formula is C10H23Ta-. The summed E-state index contributed by atoms with van der Waals surface area (Å²) in [5.74, 6) is 0. The normalized spacial score (nSPS) is 9.27. The smallest absolute Gasteiger partial charge is 0 e. The van der Waals surface area contributed by atoms with Crippen molar-refractivity contribution in [2.45, 2.75) is 53.9 Å². The Hall–Kier alpha value is 0.740. The van der Waals surface area contributed by atoms with Crippen LogP contribution in [-0.2, 0) is 22.4 Å². The van der Waals surface area contributed by atoms with Gasteiger partial charge in [-0.15, -0.1) is 0 Å². The number of rotatable bonds is 2. The van der Waals surface area contributed by atoms with E-state index in [0.29, 0.717) is 0 Å². The zero-order valence-electron chi connectivity index (χ0n) is 8.78. The van der Waals surface area contributed by atoms with Crippen LogP contribution in [0.4, 0.5) is 0 Å². The zero-order valence-corrected chi connectivity index (χ0v) is 12.0. The van der Waals surface area contributed by atoms with Gasteiger partial charge in [0.25, 0.3) is 0 Å². The van der Waals surface area contributed by atoms with Crippen molar-refractivity contribution in [3.8, 4) is 0 Å². The number of hydrogen-bond donors (Lipinski definition) is 0. The average Bonchev–Trinajstić information content (AvgIpc) is 1.63. The van der Waals surface area contributed by atoms with Gasteiger partial charge in [-0.2, -0.15) is 5.41 Å². The first-order chi connectivity index (χ1) is 4.41. The Morgan fingerprint density at radius 2 is 1.18 bits per heavy atom. The van der Waals surface area contributed by atoms with E-state index in [-0.39, 0.29) is 27.8 Å². The molecule has 0 spiro atoms. The second-order valence-corrected chi connectivity index (χ2v) is 3.91. The Morgan fingerprint density at radius 1 is 1.00 bits per heavy atom. The van der Waals surface area contributed by atoms with Gasteiger partial charge in [0, 0.05) is 22.4 Å². The van der Waals surface area contributed by atoms with Gasteiger partial charge in [-0.3, -0.25) is 0 Å². The minimum Gasteiger partial charge on any atom is -0.338 e. The van der Waals surface area contributed by atoms with Crippen molar-refractivity contribution in [2.24, 2.45) is 5.41 Å². The third-order valence-electron chi connectivity index (χ3n) is 0.707. The summed E-state index contributed by atoms with van der Waals surface area (Å²) < 4.78 is 0. The predicted octanol–water partition coefficient (Wildman–Crippen LogP) is 4.06. The maximum atomic E-state index is 3.77. The van der Waals surface area contributed by atoms with Gasteiger partial charge < -0.3 is 6.92 Å². The second kappa shape index (κ2) is 10.7. The molecule has 0 saturated carbocycles. The van der Waals surface area contributed by atoms with Crippen LogP contribution in [0, 0.1) is 12.3 Å². The fraction of sp³-hybridized carbons (Fsp3) is 0.900. The van der Waals surface area contributed by atoms with E-state index in [0.717, 1.165) is 0 Å². The van der Waals surface area contributed by atoms with Gasteiger partial charge in [-0.1, -0.05) is 53.9 Å². The van der Waals surface area contributed by atoms with Gasteiger partial charge in [0.1, 0.15) is 0 Å². The molecule has 0 aliphatic rings. The Balaban J connectivity index is -0.000000107. The summed E-state index contributed by atoms with van der Waals surface area (Å²) in [7, 11) is 0. The maximum absolute atomic E-state index is 3.77. The molecule has 0 N–H and O–H groups in total. The van der Waals surface area contributed by atoms with Crippen LogP contribution >= 0.6 is 0 Å². The summed E-state index contributed by atoms with van der Waals surface area (Å²) in [6.07, 6.45) is 4.08. The van der Waals surface area contributed by atoms with Crippen LogP contribution in [0.25, 0.3) is 0 Å². The molecular weight excluding hydrogens is 301 g/mol. The molecule has 0 aromatic carbocycles. The van der Waals surface area contributed by atoms with Crippen molar-refractivity contribution in [3.05, 3.63) is 6.92 Å². The van der Waals surface area contributed by atoms with Crippen molar-refractivity contribution in [3.63, 3.8) is 0 Å². The summed E-state index contributed by atoms with van der Waals surface area (Å²) >= 11 is 0. The molecule has 0 amide bonds. The largest absolute Gasteiger partial charge is 0.338 e. The van der Waals surface area contributed by atoms with Gasteiger partial charge in [-0.05, 0) is 0 Å². The molecule has 0 aliphatic heterocycles. The van der Waals surface area contributed by atoms with Crippen molar-refractivity contribution in [1.29, 1.82) is 0 Å². The Bertz CT molecular complexity index is 44.4. The summed E-state index contributed by atoms with van der Waals surface area (Å²) in [5, 5.41) is 0. The van der Waals surface area contributed by atoms with Crippen molar-refractivity contribution in [1.82, 2.24) is 0 Å². The van der Waals surface area contributed by atoms with E-state index in [9.17, 15) is 0 Å². The third-order valence-corrected chi connectivity index (χ3v) is 0.707. The summed E-state index contributed by atoms with van der Waals surface area (Å²) in [5.41, 5.74) is 0.250. The van der Waals surface area contributed by atoms with Gasteiger partial charge in [0.15, 0.2) is 0 Å². The van der Waals surface area contributed by atoms with Crippen LogP contribution in [0.5, 0.6) is 0 Å². The number of unbranched alkanes of at least 4 members (excludes halogenated alkanes) is 2. The van der Waals surface area contributed by atoms with Gasteiger partial charge in [-0.25, -0.2) is 0 Å². The number of hydrogen-bond acceptors (Lipinski definition) is 0. The molecule has 0 heterocycles. The van der Waals surface area contributed by atoms with E-state index >= 15 is 0 Å². The SMILES string of the molecule is CCCCC.[CH2-]C(C)(C)C.[Ta]. The summed E-state index contributed by atoms with van der Waals surface area (Å²) in [6, 6.07) is 0. The minimum absolute atomic E-state index is 0. The van der Waals surface area contributed by atoms with E-state index in [4.69, 9.17) is 0 Å².